The highest BCUT2D eigenvalue weighted by atomic mass is 16.3. The highest BCUT2D eigenvalue weighted by Gasteiger charge is 2.25. The Bertz CT molecular complexity index is 233. The number of likely N-dealkylation sites (tertiary alicyclic amines) is 1. The molecule has 20 heavy (non-hydrogen) atoms. The molecular formula is C17H36N2O. The van der Waals surface area contributed by atoms with E-state index in [9.17, 15) is 5.11 Å². The van der Waals surface area contributed by atoms with E-state index >= 15 is 0 Å². The first kappa shape index (κ1) is 17.9. The molecular weight excluding hydrogens is 248 g/mol. The fourth-order valence-electron chi connectivity index (χ4n) is 3.53. The summed E-state index contributed by atoms with van der Waals surface area (Å²) >= 11 is 0. The first-order chi connectivity index (χ1) is 9.69. The van der Waals surface area contributed by atoms with Crippen LogP contribution in [0, 0.1) is 5.92 Å². The van der Waals surface area contributed by atoms with Crippen LogP contribution in [0.3, 0.4) is 0 Å². The maximum Gasteiger partial charge on any atom is 0.0613 e. The Balaban J connectivity index is 2.28. The molecule has 0 aromatic rings. The van der Waals surface area contributed by atoms with Crippen molar-refractivity contribution in [1.29, 1.82) is 0 Å². The Morgan fingerprint density at radius 3 is 2.65 bits per heavy atom. The van der Waals surface area contributed by atoms with Gasteiger partial charge in [-0.05, 0) is 71.1 Å². The Labute approximate surface area is 126 Å². The van der Waals surface area contributed by atoms with Gasteiger partial charge in [0.25, 0.3) is 0 Å². The van der Waals surface area contributed by atoms with Crippen molar-refractivity contribution >= 4 is 0 Å². The lowest BCUT2D eigenvalue weighted by atomic mass is 9.91. The lowest BCUT2D eigenvalue weighted by Gasteiger charge is -2.31. The monoisotopic (exact) mass is 284 g/mol. The van der Waals surface area contributed by atoms with Crippen molar-refractivity contribution in [2.24, 2.45) is 5.92 Å². The number of aliphatic hydroxyl groups is 1. The van der Waals surface area contributed by atoms with Gasteiger partial charge in [0, 0.05) is 5.54 Å². The van der Waals surface area contributed by atoms with Crippen LogP contribution in [0.15, 0.2) is 0 Å². The highest BCUT2D eigenvalue weighted by Crippen LogP contribution is 2.23. The summed E-state index contributed by atoms with van der Waals surface area (Å²) in [6, 6.07) is 0. The normalized spacial score (nSPS) is 24.3. The average Bonchev–Trinajstić information content (AvgIpc) is 2.70. The molecule has 3 heteroatoms. The minimum atomic E-state index is -0.0589. The van der Waals surface area contributed by atoms with Crippen molar-refractivity contribution in [1.82, 2.24) is 10.2 Å². The molecule has 0 radical (unpaired) electrons. The fraction of sp³-hybridized carbons (Fsp3) is 1.00. The molecule has 120 valence electrons. The molecule has 1 aliphatic rings. The van der Waals surface area contributed by atoms with Crippen LogP contribution < -0.4 is 5.32 Å². The van der Waals surface area contributed by atoms with Crippen LogP contribution in [-0.4, -0.2) is 48.8 Å². The summed E-state index contributed by atoms with van der Waals surface area (Å²) in [6.07, 6.45) is 10.2. The first-order valence-corrected chi connectivity index (χ1v) is 8.71. The summed E-state index contributed by atoms with van der Waals surface area (Å²) in [5.41, 5.74) is -0.0589. The highest BCUT2D eigenvalue weighted by molar-refractivity contribution is 4.85. The van der Waals surface area contributed by atoms with Crippen molar-refractivity contribution < 1.29 is 5.11 Å². The van der Waals surface area contributed by atoms with Crippen LogP contribution in [0.4, 0.5) is 0 Å². The number of nitrogens with one attached hydrogen (secondary N) is 1. The Hall–Kier alpha value is -0.120. The Kier molecular flexibility index (Phi) is 8.74. The molecule has 1 rings (SSSR count). The van der Waals surface area contributed by atoms with Crippen molar-refractivity contribution in [2.75, 3.05) is 33.3 Å². The van der Waals surface area contributed by atoms with Gasteiger partial charge in [-0.15, -0.1) is 0 Å². The van der Waals surface area contributed by atoms with Gasteiger partial charge in [-0.2, -0.15) is 0 Å². The standard InChI is InChI=1S/C17H36N2O/c1-4-8-16-9-6-12-19(14-10-16)13-7-11-17(5-2,15-20)18-3/h16,18,20H,4-15H2,1-3H3. The average molecular weight is 284 g/mol. The predicted octanol–water partition coefficient (Wildman–Crippen LogP) is 3.03. The summed E-state index contributed by atoms with van der Waals surface area (Å²) in [6.45, 7) is 8.47. The molecule has 0 amide bonds. The molecule has 1 heterocycles. The summed E-state index contributed by atoms with van der Waals surface area (Å²) in [4.78, 5) is 2.64. The number of hydrogen-bond acceptors (Lipinski definition) is 3. The van der Waals surface area contributed by atoms with Crippen molar-refractivity contribution in [3.05, 3.63) is 0 Å². The molecule has 0 saturated carbocycles. The smallest absolute Gasteiger partial charge is 0.0613 e. The van der Waals surface area contributed by atoms with Gasteiger partial charge < -0.3 is 15.3 Å². The summed E-state index contributed by atoms with van der Waals surface area (Å²) in [5.74, 6) is 0.967. The van der Waals surface area contributed by atoms with E-state index in [2.05, 4.69) is 24.1 Å². The van der Waals surface area contributed by atoms with Gasteiger partial charge in [-0.1, -0.05) is 26.7 Å². The zero-order valence-electron chi connectivity index (χ0n) is 14.0. The van der Waals surface area contributed by atoms with Gasteiger partial charge in [0.2, 0.25) is 0 Å². The van der Waals surface area contributed by atoms with Gasteiger partial charge in [0.15, 0.2) is 0 Å². The lowest BCUT2D eigenvalue weighted by molar-refractivity contribution is 0.146. The largest absolute Gasteiger partial charge is 0.394 e. The topological polar surface area (TPSA) is 35.5 Å². The van der Waals surface area contributed by atoms with Crippen LogP contribution in [0.25, 0.3) is 0 Å². The van der Waals surface area contributed by atoms with Crippen molar-refractivity contribution in [3.63, 3.8) is 0 Å². The number of aliphatic hydroxyl groups excluding tert-OH is 1. The molecule has 0 spiro atoms. The summed E-state index contributed by atoms with van der Waals surface area (Å²) in [7, 11) is 1.97. The molecule has 0 aromatic heterocycles. The summed E-state index contributed by atoms with van der Waals surface area (Å²) < 4.78 is 0. The lowest BCUT2D eigenvalue weighted by Crippen LogP contribution is -2.46. The minimum Gasteiger partial charge on any atom is -0.394 e. The molecule has 1 saturated heterocycles. The quantitative estimate of drug-likeness (QED) is 0.683. The molecule has 0 aromatic carbocycles. The molecule has 2 unspecified atom stereocenters. The zero-order chi connectivity index (χ0) is 14.8. The van der Waals surface area contributed by atoms with E-state index in [0.29, 0.717) is 0 Å². The molecule has 1 fully saturated rings. The second kappa shape index (κ2) is 9.75. The van der Waals surface area contributed by atoms with Gasteiger partial charge in [-0.3, -0.25) is 0 Å². The third kappa shape index (κ3) is 5.71. The van der Waals surface area contributed by atoms with Gasteiger partial charge in [0.1, 0.15) is 0 Å². The van der Waals surface area contributed by atoms with E-state index in [1.807, 2.05) is 7.05 Å². The molecule has 2 N–H and O–H groups in total. The predicted molar refractivity (Wildman–Crippen MR) is 87.1 cm³/mol. The second-order valence-electron chi connectivity index (χ2n) is 6.57. The number of likely N-dealkylation sites (N-methyl/N-ethyl adjacent to an activating group) is 1. The minimum absolute atomic E-state index is 0.0589. The van der Waals surface area contributed by atoms with E-state index in [-0.39, 0.29) is 12.1 Å². The van der Waals surface area contributed by atoms with Crippen molar-refractivity contribution in [2.45, 2.75) is 70.8 Å². The van der Waals surface area contributed by atoms with Gasteiger partial charge in [0.05, 0.1) is 6.61 Å². The van der Waals surface area contributed by atoms with Crippen LogP contribution in [0.5, 0.6) is 0 Å². The third-order valence-corrected chi connectivity index (χ3v) is 5.28. The molecule has 1 aliphatic heterocycles. The first-order valence-electron chi connectivity index (χ1n) is 8.71. The van der Waals surface area contributed by atoms with Crippen LogP contribution >= 0.6 is 0 Å². The molecule has 0 aliphatic carbocycles. The van der Waals surface area contributed by atoms with E-state index in [1.165, 1.54) is 58.2 Å². The fourth-order valence-corrected chi connectivity index (χ4v) is 3.53. The van der Waals surface area contributed by atoms with E-state index in [1.54, 1.807) is 0 Å². The Morgan fingerprint density at radius 2 is 2.05 bits per heavy atom. The van der Waals surface area contributed by atoms with Gasteiger partial charge in [-0.25, -0.2) is 0 Å². The van der Waals surface area contributed by atoms with Crippen LogP contribution in [-0.2, 0) is 0 Å². The summed E-state index contributed by atoms with van der Waals surface area (Å²) in [5, 5.41) is 12.9. The third-order valence-electron chi connectivity index (χ3n) is 5.28. The van der Waals surface area contributed by atoms with E-state index in [0.717, 1.165) is 18.8 Å². The molecule has 0 bridgehead atoms. The van der Waals surface area contributed by atoms with Crippen LogP contribution in [0.2, 0.25) is 0 Å². The van der Waals surface area contributed by atoms with E-state index < -0.39 is 0 Å². The van der Waals surface area contributed by atoms with Crippen molar-refractivity contribution in [3.8, 4) is 0 Å². The number of nitrogens with zero attached hydrogens (tertiary/aromatic N) is 1. The maximum atomic E-state index is 9.58. The zero-order valence-corrected chi connectivity index (χ0v) is 14.0. The number of hydrogen-bond donors (Lipinski definition) is 2. The van der Waals surface area contributed by atoms with Crippen LogP contribution in [0.1, 0.15) is 65.2 Å². The Morgan fingerprint density at radius 1 is 1.25 bits per heavy atom. The second-order valence-corrected chi connectivity index (χ2v) is 6.57. The van der Waals surface area contributed by atoms with Gasteiger partial charge >= 0.3 is 0 Å². The SMILES string of the molecule is CCCC1CCCN(CCCC(CC)(CO)NC)CC1. The molecule has 3 nitrogen and oxygen atoms in total. The number of rotatable bonds is 9. The maximum absolute atomic E-state index is 9.58. The van der Waals surface area contributed by atoms with E-state index in [4.69, 9.17) is 0 Å². The molecule has 2 atom stereocenters.